The second-order valence-corrected chi connectivity index (χ2v) is 7.16. The maximum absolute atomic E-state index is 4.49. The van der Waals surface area contributed by atoms with Crippen LogP contribution >= 0.6 is 24.0 Å². The number of guanidine groups is 1. The van der Waals surface area contributed by atoms with Crippen LogP contribution in [0, 0.1) is 5.92 Å². The molecular weight excluding hydrogens is 453 g/mol. The van der Waals surface area contributed by atoms with Gasteiger partial charge in [-0.25, -0.2) is 9.97 Å². The minimum atomic E-state index is 0. The number of piperazine rings is 1. The predicted molar refractivity (Wildman–Crippen MR) is 122 cm³/mol. The van der Waals surface area contributed by atoms with E-state index >= 15 is 0 Å². The summed E-state index contributed by atoms with van der Waals surface area (Å²) in [5.41, 5.74) is 0. The van der Waals surface area contributed by atoms with Crippen LogP contribution in [0.4, 0.5) is 5.95 Å². The first kappa shape index (κ1) is 22.1. The molecule has 152 valence electrons. The number of anilines is 1. The van der Waals surface area contributed by atoms with Gasteiger partial charge < -0.3 is 20.0 Å². The molecule has 2 fully saturated rings. The van der Waals surface area contributed by atoms with Crippen LogP contribution in [0.25, 0.3) is 0 Å². The molecule has 2 aliphatic rings. The fourth-order valence-electron chi connectivity index (χ4n) is 3.88. The van der Waals surface area contributed by atoms with Gasteiger partial charge in [-0.2, -0.15) is 0 Å². The monoisotopic (exact) mass is 487 g/mol. The topological polar surface area (TPSA) is 59.9 Å². The zero-order chi connectivity index (χ0) is 18.2. The summed E-state index contributed by atoms with van der Waals surface area (Å²) in [6.07, 6.45) is 7.53. The Morgan fingerprint density at radius 2 is 1.78 bits per heavy atom. The SMILES string of the molecule is CCN1CCC(CCNC(=NC)N2CCN(c3ncccn3)CC2)CC1.I. The Hall–Kier alpha value is -1.16. The Morgan fingerprint density at radius 3 is 2.37 bits per heavy atom. The van der Waals surface area contributed by atoms with Crippen LogP contribution in [0.3, 0.4) is 0 Å². The molecule has 0 atom stereocenters. The van der Waals surface area contributed by atoms with Gasteiger partial charge in [0.2, 0.25) is 5.95 Å². The summed E-state index contributed by atoms with van der Waals surface area (Å²) < 4.78 is 0. The van der Waals surface area contributed by atoms with Gasteiger partial charge in [-0.15, -0.1) is 24.0 Å². The van der Waals surface area contributed by atoms with Crippen molar-refractivity contribution in [2.24, 2.45) is 10.9 Å². The summed E-state index contributed by atoms with van der Waals surface area (Å²) in [6, 6.07) is 1.86. The summed E-state index contributed by atoms with van der Waals surface area (Å²) in [5.74, 6) is 2.72. The third-order valence-electron chi connectivity index (χ3n) is 5.62. The average Bonchev–Trinajstić information content (AvgIpc) is 2.72. The van der Waals surface area contributed by atoms with Gasteiger partial charge in [-0.05, 0) is 50.9 Å². The van der Waals surface area contributed by atoms with E-state index in [2.05, 4.69) is 41.9 Å². The van der Waals surface area contributed by atoms with E-state index in [1.165, 1.54) is 38.9 Å². The molecule has 1 aromatic heterocycles. The number of hydrogen-bond acceptors (Lipinski definition) is 5. The first-order valence-corrected chi connectivity index (χ1v) is 10.00. The number of halogens is 1. The lowest BCUT2D eigenvalue weighted by Crippen LogP contribution is -2.53. The van der Waals surface area contributed by atoms with Crippen LogP contribution in [-0.2, 0) is 0 Å². The van der Waals surface area contributed by atoms with Crippen molar-refractivity contribution in [3.05, 3.63) is 18.5 Å². The third kappa shape index (κ3) is 6.44. The van der Waals surface area contributed by atoms with Gasteiger partial charge in [0.15, 0.2) is 5.96 Å². The van der Waals surface area contributed by atoms with E-state index in [9.17, 15) is 0 Å². The van der Waals surface area contributed by atoms with Gasteiger partial charge in [0.25, 0.3) is 0 Å². The van der Waals surface area contributed by atoms with Gasteiger partial charge in [-0.1, -0.05) is 6.92 Å². The number of likely N-dealkylation sites (tertiary alicyclic amines) is 1. The number of aliphatic imine (C=N–C) groups is 1. The Morgan fingerprint density at radius 1 is 1.11 bits per heavy atom. The number of nitrogens with zero attached hydrogens (tertiary/aromatic N) is 6. The van der Waals surface area contributed by atoms with Gasteiger partial charge in [0.1, 0.15) is 0 Å². The minimum Gasteiger partial charge on any atom is -0.356 e. The van der Waals surface area contributed by atoms with Crippen molar-refractivity contribution >= 4 is 35.9 Å². The molecule has 2 saturated heterocycles. The molecule has 0 aliphatic carbocycles. The van der Waals surface area contributed by atoms with Gasteiger partial charge in [0, 0.05) is 52.2 Å². The fraction of sp³-hybridized carbons (Fsp3) is 0.737. The largest absolute Gasteiger partial charge is 0.356 e. The smallest absolute Gasteiger partial charge is 0.225 e. The molecule has 27 heavy (non-hydrogen) atoms. The van der Waals surface area contributed by atoms with E-state index in [4.69, 9.17) is 0 Å². The Bertz CT molecular complexity index is 552. The molecule has 1 aromatic rings. The van der Waals surface area contributed by atoms with Crippen LogP contribution in [0.1, 0.15) is 26.2 Å². The van der Waals surface area contributed by atoms with Crippen LogP contribution in [0.15, 0.2) is 23.5 Å². The number of hydrogen-bond donors (Lipinski definition) is 1. The van der Waals surface area contributed by atoms with Crippen LogP contribution in [-0.4, -0.2) is 85.1 Å². The fourth-order valence-corrected chi connectivity index (χ4v) is 3.88. The Kier molecular flexibility index (Phi) is 9.53. The van der Waals surface area contributed by atoms with Gasteiger partial charge in [-0.3, -0.25) is 4.99 Å². The molecule has 0 spiro atoms. The summed E-state index contributed by atoms with van der Waals surface area (Å²) >= 11 is 0. The molecular formula is C19H34IN7. The summed E-state index contributed by atoms with van der Waals surface area (Å²) in [6.45, 7) is 10.8. The second-order valence-electron chi connectivity index (χ2n) is 7.16. The van der Waals surface area contributed by atoms with Gasteiger partial charge in [0.05, 0.1) is 0 Å². The van der Waals surface area contributed by atoms with E-state index in [0.29, 0.717) is 0 Å². The summed E-state index contributed by atoms with van der Waals surface area (Å²) in [5, 5.41) is 3.58. The molecule has 1 N–H and O–H groups in total. The first-order chi connectivity index (χ1) is 12.8. The first-order valence-electron chi connectivity index (χ1n) is 10.00. The van der Waals surface area contributed by atoms with Crippen molar-refractivity contribution in [1.29, 1.82) is 0 Å². The quantitative estimate of drug-likeness (QED) is 0.389. The van der Waals surface area contributed by atoms with Crippen LogP contribution in [0.2, 0.25) is 0 Å². The van der Waals surface area contributed by atoms with Gasteiger partial charge >= 0.3 is 0 Å². The third-order valence-corrected chi connectivity index (χ3v) is 5.62. The van der Waals surface area contributed by atoms with E-state index in [1.807, 2.05) is 13.1 Å². The standard InChI is InChI=1S/C19H33N7.HI/c1-3-24-11-6-17(7-12-24)5-10-23-18(20-2)25-13-15-26(16-14-25)19-21-8-4-9-22-19;/h4,8-9,17H,3,5-7,10-16H2,1-2H3,(H,20,23);1H. The molecule has 0 aromatic carbocycles. The number of nitrogens with one attached hydrogen (secondary N) is 1. The molecule has 3 heterocycles. The lowest BCUT2D eigenvalue weighted by atomic mass is 9.93. The zero-order valence-corrected chi connectivity index (χ0v) is 19.0. The van der Waals surface area contributed by atoms with E-state index in [0.717, 1.165) is 50.5 Å². The van der Waals surface area contributed by atoms with Crippen LogP contribution < -0.4 is 10.2 Å². The molecule has 7 nitrogen and oxygen atoms in total. The molecule has 8 heteroatoms. The number of aromatic nitrogens is 2. The predicted octanol–water partition coefficient (Wildman–Crippen LogP) is 1.91. The summed E-state index contributed by atoms with van der Waals surface area (Å²) in [4.78, 5) is 20.3. The van der Waals surface area contributed by atoms with E-state index in [-0.39, 0.29) is 24.0 Å². The molecule has 0 amide bonds. The lowest BCUT2D eigenvalue weighted by Gasteiger charge is -2.36. The normalized spacial score (nSPS) is 19.7. The minimum absolute atomic E-state index is 0. The van der Waals surface area contributed by atoms with E-state index in [1.54, 1.807) is 12.4 Å². The lowest BCUT2D eigenvalue weighted by molar-refractivity contribution is 0.187. The molecule has 0 radical (unpaired) electrons. The maximum atomic E-state index is 4.49. The molecule has 0 saturated carbocycles. The zero-order valence-electron chi connectivity index (χ0n) is 16.7. The Labute approximate surface area is 180 Å². The molecule has 0 unspecified atom stereocenters. The highest BCUT2D eigenvalue weighted by Gasteiger charge is 2.22. The van der Waals surface area contributed by atoms with Crippen molar-refractivity contribution in [3.8, 4) is 0 Å². The average molecular weight is 487 g/mol. The van der Waals surface area contributed by atoms with Crippen LogP contribution in [0.5, 0.6) is 0 Å². The molecule has 0 bridgehead atoms. The van der Waals surface area contributed by atoms with Crippen molar-refractivity contribution < 1.29 is 0 Å². The molecule has 2 aliphatic heterocycles. The van der Waals surface area contributed by atoms with Crippen molar-refractivity contribution in [2.75, 3.05) is 64.3 Å². The molecule has 3 rings (SSSR count). The number of piperidine rings is 1. The van der Waals surface area contributed by atoms with Crippen molar-refractivity contribution in [2.45, 2.75) is 26.2 Å². The maximum Gasteiger partial charge on any atom is 0.225 e. The van der Waals surface area contributed by atoms with E-state index < -0.39 is 0 Å². The number of rotatable bonds is 5. The Balaban J connectivity index is 0.00000261. The van der Waals surface area contributed by atoms with Crippen molar-refractivity contribution in [3.63, 3.8) is 0 Å². The summed E-state index contributed by atoms with van der Waals surface area (Å²) in [7, 11) is 1.88. The highest BCUT2D eigenvalue weighted by atomic mass is 127. The highest BCUT2D eigenvalue weighted by Crippen LogP contribution is 2.19. The highest BCUT2D eigenvalue weighted by molar-refractivity contribution is 14.0. The second kappa shape index (κ2) is 11.6. The van der Waals surface area contributed by atoms with Crippen molar-refractivity contribution in [1.82, 2.24) is 25.1 Å².